The number of hydrogen-bond acceptors (Lipinski definition) is 5. The lowest BCUT2D eigenvalue weighted by atomic mass is 9.80. The SMILES string of the molecule is CC[C@H]1C(C)C(Nc2cnc(C)cn2)c2cc(C(=O)NC)ccc2N1C(C)=O. The molecule has 2 heterocycles. The van der Waals surface area contributed by atoms with E-state index in [0.29, 0.717) is 11.4 Å². The minimum absolute atomic E-state index is 0.00113. The van der Waals surface area contributed by atoms with Crippen LogP contribution in [0.1, 0.15) is 54.8 Å². The van der Waals surface area contributed by atoms with Crippen LogP contribution in [-0.4, -0.2) is 34.9 Å². The second-order valence-electron chi connectivity index (χ2n) is 7.24. The van der Waals surface area contributed by atoms with Gasteiger partial charge in [0.15, 0.2) is 0 Å². The fourth-order valence-corrected chi connectivity index (χ4v) is 4.02. The standard InChI is InChI=1S/C21H27N5O2/c1-6-17-13(3)20(25-19-11-23-12(2)10-24-19)16-9-15(21(28)22-5)7-8-18(16)26(17)14(4)27/h7-11,13,17,20H,6H2,1-5H3,(H,22,28)(H,24,25)/t13?,17-,20?/m0/s1. The average molecular weight is 381 g/mol. The quantitative estimate of drug-likeness (QED) is 0.850. The van der Waals surface area contributed by atoms with E-state index in [4.69, 9.17) is 0 Å². The zero-order valence-corrected chi connectivity index (χ0v) is 17.0. The number of benzene rings is 1. The van der Waals surface area contributed by atoms with Gasteiger partial charge >= 0.3 is 0 Å². The molecule has 1 aliphatic heterocycles. The monoisotopic (exact) mass is 381 g/mol. The molecule has 1 aliphatic rings. The van der Waals surface area contributed by atoms with Gasteiger partial charge in [-0.25, -0.2) is 4.98 Å². The van der Waals surface area contributed by atoms with Crippen LogP contribution < -0.4 is 15.5 Å². The van der Waals surface area contributed by atoms with Gasteiger partial charge in [-0.3, -0.25) is 14.6 Å². The van der Waals surface area contributed by atoms with Crippen LogP contribution in [0.4, 0.5) is 11.5 Å². The second kappa shape index (κ2) is 7.96. The Labute approximate surface area is 165 Å². The summed E-state index contributed by atoms with van der Waals surface area (Å²) in [5, 5.41) is 6.14. The predicted octanol–water partition coefficient (Wildman–Crippen LogP) is 3.08. The Morgan fingerprint density at radius 3 is 2.54 bits per heavy atom. The number of nitrogens with one attached hydrogen (secondary N) is 2. The maximum atomic E-state index is 12.5. The van der Waals surface area contributed by atoms with E-state index in [1.54, 1.807) is 32.4 Å². The first-order valence-electron chi connectivity index (χ1n) is 9.58. The molecule has 28 heavy (non-hydrogen) atoms. The summed E-state index contributed by atoms with van der Waals surface area (Å²) < 4.78 is 0. The minimum atomic E-state index is -0.156. The number of carbonyl (C=O) groups excluding carboxylic acids is 2. The number of amides is 2. The van der Waals surface area contributed by atoms with E-state index < -0.39 is 0 Å². The lowest BCUT2D eigenvalue weighted by Gasteiger charge is -2.45. The molecule has 0 aliphatic carbocycles. The highest BCUT2D eigenvalue weighted by atomic mass is 16.2. The van der Waals surface area contributed by atoms with E-state index in [-0.39, 0.29) is 29.8 Å². The topological polar surface area (TPSA) is 87.2 Å². The third-order valence-electron chi connectivity index (χ3n) is 5.42. The van der Waals surface area contributed by atoms with E-state index >= 15 is 0 Å². The Balaban J connectivity index is 2.12. The minimum Gasteiger partial charge on any atom is -0.362 e. The van der Waals surface area contributed by atoms with Crippen LogP contribution in [0.3, 0.4) is 0 Å². The van der Waals surface area contributed by atoms with E-state index in [0.717, 1.165) is 23.4 Å². The summed E-state index contributed by atoms with van der Waals surface area (Å²) in [6, 6.07) is 5.44. The van der Waals surface area contributed by atoms with Gasteiger partial charge in [-0.05, 0) is 37.1 Å². The Bertz CT molecular complexity index is 881. The fraction of sp³-hybridized carbons (Fsp3) is 0.429. The summed E-state index contributed by atoms with van der Waals surface area (Å²) in [5.41, 5.74) is 3.16. The molecule has 3 atom stereocenters. The van der Waals surface area contributed by atoms with Crippen molar-refractivity contribution in [2.75, 3.05) is 17.3 Å². The molecule has 1 aromatic carbocycles. The molecule has 7 heteroatoms. The van der Waals surface area contributed by atoms with Crippen molar-refractivity contribution in [2.45, 2.75) is 46.2 Å². The van der Waals surface area contributed by atoms with Crippen LogP contribution in [0.25, 0.3) is 0 Å². The number of rotatable bonds is 4. The fourth-order valence-electron chi connectivity index (χ4n) is 4.02. The van der Waals surface area contributed by atoms with Gasteiger partial charge in [0.2, 0.25) is 5.91 Å². The zero-order chi connectivity index (χ0) is 20.4. The Morgan fingerprint density at radius 2 is 1.96 bits per heavy atom. The molecular weight excluding hydrogens is 354 g/mol. The normalized spacial score (nSPS) is 21.0. The molecule has 148 valence electrons. The van der Waals surface area contributed by atoms with Crippen LogP contribution in [0.2, 0.25) is 0 Å². The van der Waals surface area contributed by atoms with Crippen molar-refractivity contribution in [1.29, 1.82) is 0 Å². The van der Waals surface area contributed by atoms with Crippen molar-refractivity contribution in [3.8, 4) is 0 Å². The Morgan fingerprint density at radius 1 is 1.21 bits per heavy atom. The third-order valence-corrected chi connectivity index (χ3v) is 5.42. The average Bonchev–Trinajstić information content (AvgIpc) is 2.69. The second-order valence-corrected chi connectivity index (χ2v) is 7.24. The van der Waals surface area contributed by atoms with E-state index in [2.05, 4.69) is 34.4 Å². The summed E-state index contributed by atoms with van der Waals surface area (Å²) in [7, 11) is 1.61. The van der Waals surface area contributed by atoms with E-state index in [1.807, 2.05) is 24.0 Å². The number of hydrogen-bond donors (Lipinski definition) is 2. The predicted molar refractivity (Wildman–Crippen MR) is 109 cm³/mol. The van der Waals surface area contributed by atoms with Crippen molar-refractivity contribution in [3.63, 3.8) is 0 Å². The summed E-state index contributed by atoms with van der Waals surface area (Å²) in [5.74, 6) is 0.631. The molecule has 0 radical (unpaired) electrons. The zero-order valence-electron chi connectivity index (χ0n) is 17.0. The number of nitrogens with zero attached hydrogens (tertiary/aromatic N) is 3. The number of aryl methyl sites for hydroxylation is 1. The Hall–Kier alpha value is -2.96. The smallest absolute Gasteiger partial charge is 0.251 e. The van der Waals surface area contributed by atoms with Gasteiger partial charge in [-0.2, -0.15) is 0 Å². The highest BCUT2D eigenvalue weighted by molar-refractivity contribution is 5.97. The highest BCUT2D eigenvalue weighted by Crippen LogP contribution is 2.43. The molecule has 2 aromatic rings. The number of fused-ring (bicyclic) bond motifs is 1. The number of carbonyl (C=O) groups is 2. The highest BCUT2D eigenvalue weighted by Gasteiger charge is 2.40. The van der Waals surface area contributed by atoms with Crippen molar-refractivity contribution in [3.05, 3.63) is 47.4 Å². The molecule has 2 unspecified atom stereocenters. The maximum Gasteiger partial charge on any atom is 0.251 e. The van der Waals surface area contributed by atoms with Gasteiger partial charge in [0.25, 0.3) is 5.91 Å². The number of aromatic nitrogens is 2. The lowest BCUT2D eigenvalue weighted by molar-refractivity contribution is -0.117. The third kappa shape index (κ3) is 3.56. The van der Waals surface area contributed by atoms with Crippen LogP contribution in [0.5, 0.6) is 0 Å². The Kier molecular flexibility index (Phi) is 5.63. The van der Waals surface area contributed by atoms with Gasteiger partial charge in [0, 0.05) is 37.2 Å². The van der Waals surface area contributed by atoms with Gasteiger partial charge < -0.3 is 15.5 Å². The van der Waals surface area contributed by atoms with Crippen molar-refractivity contribution >= 4 is 23.3 Å². The molecule has 2 N–H and O–H groups in total. The first-order valence-corrected chi connectivity index (χ1v) is 9.58. The van der Waals surface area contributed by atoms with Gasteiger partial charge in [-0.1, -0.05) is 13.8 Å². The molecule has 7 nitrogen and oxygen atoms in total. The van der Waals surface area contributed by atoms with Crippen LogP contribution >= 0.6 is 0 Å². The van der Waals surface area contributed by atoms with Crippen LogP contribution in [0, 0.1) is 12.8 Å². The summed E-state index contributed by atoms with van der Waals surface area (Å²) in [4.78, 5) is 35.2. The van der Waals surface area contributed by atoms with Crippen molar-refractivity contribution in [1.82, 2.24) is 15.3 Å². The van der Waals surface area contributed by atoms with E-state index in [9.17, 15) is 9.59 Å². The summed E-state index contributed by atoms with van der Waals surface area (Å²) in [6.07, 6.45) is 4.26. The van der Waals surface area contributed by atoms with Crippen LogP contribution in [0.15, 0.2) is 30.6 Å². The molecule has 2 amide bonds. The summed E-state index contributed by atoms with van der Waals surface area (Å²) >= 11 is 0. The van der Waals surface area contributed by atoms with Crippen LogP contribution in [-0.2, 0) is 4.79 Å². The number of anilines is 2. The van der Waals surface area contributed by atoms with Gasteiger partial charge in [-0.15, -0.1) is 0 Å². The van der Waals surface area contributed by atoms with Gasteiger partial charge in [0.1, 0.15) is 5.82 Å². The first kappa shape index (κ1) is 19.8. The van der Waals surface area contributed by atoms with Crippen molar-refractivity contribution < 1.29 is 9.59 Å². The summed E-state index contributed by atoms with van der Waals surface area (Å²) in [6.45, 7) is 7.69. The molecule has 0 saturated heterocycles. The molecule has 0 saturated carbocycles. The molecule has 0 spiro atoms. The maximum absolute atomic E-state index is 12.5. The van der Waals surface area contributed by atoms with Gasteiger partial charge in [0.05, 0.1) is 24.1 Å². The first-order chi connectivity index (χ1) is 13.4. The largest absolute Gasteiger partial charge is 0.362 e. The van der Waals surface area contributed by atoms with Crippen molar-refractivity contribution in [2.24, 2.45) is 5.92 Å². The van der Waals surface area contributed by atoms with E-state index in [1.165, 1.54) is 0 Å². The molecule has 0 bridgehead atoms. The molecule has 1 aromatic heterocycles. The molecular formula is C21H27N5O2. The molecule has 3 rings (SSSR count). The lowest BCUT2D eigenvalue weighted by Crippen LogP contribution is -2.49. The molecule has 0 fully saturated rings.